The molecule has 3 heteroatoms. The first-order valence-corrected chi connectivity index (χ1v) is 5.77. The number of furan rings is 1. The van der Waals surface area contributed by atoms with Crippen LogP contribution in [0.15, 0.2) is 16.5 Å². The van der Waals surface area contributed by atoms with Crippen molar-refractivity contribution in [2.24, 2.45) is 0 Å². The first-order chi connectivity index (χ1) is 7.38. The normalized spacial score (nSPS) is 18.2. The van der Waals surface area contributed by atoms with Crippen molar-refractivity contribution in [1.29, 1.82) is 0 Å². The standard InChI is InChI=1S/C12H19NO2/c1-2-11-3-4-12(15-11)9-13-10-5-7-14-8-6-10/h3-4,10,13H,2,5-9H2,1H3. The third-order valence-electron chi connectivity index (χ3n) is 2.85. The third-order valence-corrected chi connectivity index (χ3v) is 2.85. The molecule has 0 aliphatic carbocycles. The van der Waals surface area contributed by atoms with Gasteiger partial charge in [-0.15, -0.1) is 0 Å². The molecule has 1 aromatic heterocycles. The summed E-state index contributed by atoms with van der Waals surface area (Å²) in [4.78, 5) is 0. The van der Waals surface area contributed by atoms with Gasteiger partial charge in [0.25, 0.3) is 0 Å². The van der Waals surface area contributed by atoms with Crippen LogP contribution in [0.4, 0.5) is 0 Å². The van der Waals surface area contributed by atoms with Gasteiger partial charge in [-0.05, 0) is 25.0 Å². The van der Waals surface area contributed by atoms with Gasteiger partial charge in [-0.1, -0.05) is 6.92 Å². The van der Waals surface area contributed by atoms with Gasteiger partial charge in [-0.2, -0.15) is 0 Å². The minimum absolute atomic E-state index is 0.592. The van der Waals surface area contributed by atoms with Crippen LogP contribution in [0.2, 0.25) is 0 Å². The van der Waals surface area contributed by atoms with E-state index in [1.165, 1.54) is 0 Å². The van der Waals surface area contributed by atoms with Crippen molar-refractivity contribution in [2.45, 2.75) is 38.8 Å². The molecule has 0 bridgehead atoms. The minimum atomic E-state index is 0.592. The summed E-state index contributed by atoms with van der Waals surface area (Å²) >= 11 is 0. The molecule has 0 saturated carbocycles. The van der Waals surface area contributed by atoms with Gasteiger partial charge in [0.05, 0.1) is 6.54 Å². The predicted molar refractivity (Wildman–Crippen MR) is 58.8 cm³/mol. The van der Waals surface area contributed by atoms with E-state index in [0.29, 0.717) is 6.04 Å². The Morgan fingerprint density at radius 1 is 1.27 bits per heavy atom. The molecule has 0 amide bonds. The highest BCUT2D eigenvalue weighted by molar-refractivity contribution is 5.06. The second-order valence-electron chi connectivity index (χ2n) is 3.99. The molecule has 3 nitrogen and oxygen atoms in total. The fourth-order valence-corrected chi connectivity index (χ4v) is 1.85. The Morgan fingerprint density at radius 2 is 2.00 bits per heavy atom. The zero-order valence-corrected chi connectivity index (χ0v) is 9.29. The summed E-state index contributed by atoms with van der Waals surface area (Å²) in [7, 11) is 0. The number of hydrogen-bond acceptors (Lipinski definition) is 3. The van der Waals surface area contributed by atoms with Gasteiger partial charge in [0.2, 0.25) is 0 Å². The summed E-state index contributed by atoms with van der Waals surface area (Å²) in [6, 6.07) is 4.71. The van der Waals surface area contributed by atoms with E-state index >= 15 is 0 Å². The lowest BCUT2D eigenvalue weighted by atomic mass is 10.1. The molecule has 0 unspecified atom stereocenters. The lowest BCUT2D eigenvalue weighted by Crippen LogP contribution is -2.34. The van der Waals surface area contributed by atoms with Crippen LogP contribution in [0.5, 0.6) is 0 Å². The van der Waals surface area contributed by atoms with Crippen molar-refractivity contribution in [3.63, 3.8) is 0 Å². The molecule has 1 N–H and O–H groups in total. The first kappa shape index (κ1) is 10.7. The van der Waals surface area contributed by atoms with Gasteiger partial charge in [0, 0.05) is 25.7 Å². The van der Waals surface area contributed by atoms with E-state index in [-0.39, 0.29) is 0 Å². The average molecular weight is 209 g/mol. The zero-order valence-electron chi connectivity index (χ0n) is 9.29. The van der Waals surface area contributed by atoms with Gasteiger partial charge < -0.3 is 14.5 Å². The highest BCUT2D eigenvalue weighted by atomic mass is 16.5. The highest BCUT2D eigenvalue weighted by Gasteiger charge is 2.13. The van der Waals surface area contributed by atoms with Crippen LogP contribution >= 0.6 is 0 Å². The number of hydrogen-bond donors (Lipinski definition) is 1. The Bertz CT molecular complexity index is 290. The SMILES string of the molecule is CCc1ccc(CNC2CCOCC2)o1. The molecule has 2 heterocycles. The Hall–Kier alpha value is -0.800. The maximum atomic E-state index is 5.63. The van der Waals surface area contributed by atoms with Crippen molar-refractivity contribution in [3.05, 3.63) is 23.7 Å². The van der Waals surface area contributed by atoms with Crippen molar-refractivity contribution < 1.29 is 9.15 Å². The highest BCUT2D eigenvalue weighted by Crippen LogP contribution is 2.10. The average Bonchev–Trinajstić information content (AvgIpc) is 2.76. The number of rotatable bonds is 4. The van der Waals surface area contributed by atoms with Gasteiger partial charge in [0.15, 0.2) is 0 Å². The molecule has 1 aliphatic heterocycles. The third kappa shape index (κ3) is 3.08. The molecular weight excluding hydrogens is 190 g/mol. The molecule has 1 saturated heterocycles. The Kier molecular flexibility index (Phi) is 3.80. The molecule has 15 heavy (non-hydrogen) atoms. The van der Waals surface area contributed by atoms with E-state index in [1.54, 1.807) is 0 Å². The molecule has 1 fully saturated rings. The molecule has 0 aromatic carbocycles. The summed E-state index contributed by atoms with van der Waals surface area (Å²) in [6.07, 6.45) is 3.19. The van der Waals surface area contributed by atoms with Crippen molar-refractivity contribution >= 4 is 0 Å². The Balaban J connectivity index is 1.76. The Labute approximate surface area is 90.8 Å². The van der Waals surface area contributed by atoms with Crippen molar-refractivity contribution in [2.75, 3.05) is 13.2 Å². The summed E-state index contributed by atoms with van der Waals surface area (Å²) in [5.41, 5.74) is 0. The predicted octanol–water partition coefficient (Wildman–Crippen LogP) is 2.11. The van der Waals surface area contributed by atoms with Crippen LogP contribution in [0, 0.1) is 0 Å². The molecule has 2 rings (SSSR count). The summed E-state index contributed by atoms with van der Waals surface area (Å²) in [5.74, 6) is 2.11. The number of nitrogens with one attached hydrogen (secondary N) is 1. The van der Waals surface area contributed by atoms with E-state index in [9.17, 15) is 0 Å². The summed E-state index contributed by atoms with van der Waals surface area (Å²) in [5, 5.41) is 3.50. The van der Waals surface area contributed by atoms with E-state index in [2.05, 4.69) is 24.4 Å². The van der Waals surface area contributed by atoms with Gasteiger partial charge in [-0.25, -0.2) is 0 Å². The van der Waals surface area contributed by atoms with E-state index in [4.69, 9.17) is 9.15 Å². The second-order valence-corrected chi connectivity index (χ2v) is 3.99. The van der Waals surface area contributed by atoms with Crippen LogP contribution in [-0.2, 0) is 17.7 Å². The maximum Gasteiger partial charge on any atom is 0.117 e. The molecule has 1 aliphatic rings. The van der Waals surface area contributed by atoms with Crippen LogP contribution < -0.4 is 5.32 Å². The monoisotopic (exact) mass is 209 g/mol. The van der Waals surface area contributed by atoms with E-state index < -0.39 is 0 Å². The summed E-state index contributed by atoms with van der Waals surface area (Å²) in [6.45, 7) is 4.71. The lowest BCUT2D eigenvalue weighted by molar-refractivity contribution is 0.0771. The molecule has 84 valence electrons. The molecule has 0 radical (unpaired) electrons. The molecule has 1 aromatic rings. The van der Waals surface area contributed by atoms with Gasteiger partial charge in [-0.3, -0.25) is 0 Å². The van der Waals surface area contributed by atoms with E-state index in [1.807, 2.05) is 0 Å². The molecule has 0 atom stereocenters. The largest absolute Gasteiger partial charge is 0.465 e. The second kappa shape index (κ2) is 5.33. The smallest absolute Gasteiger partial charge is 0.117 e. The van der Waals surface area contributed by atoms with Gasteiger partial charge >= 0.3 is 0 Å². The fraction of sp³-hybridized carbons (Fsp3) is 0.667. The van der Waals surface area contributed by atoms with Crippen LogP contribution in [0.1, 0.15) is 31.3 Å². The topological polar surface area (TPSA) is 34.4 Å². The van der Waals surface area contributed by atoms with Crippen LogP contribution in [0.25, 0.3) is 0 Å². The number of aryl methyl sites for hydroxylation is 1. The van der Waals surface area contributed by atoms with Crippen molar-refractivity contribution in [3.8, 4) is 0 Å². The van der Waals surface area contributed by atoms with Crippen LogP contribution in [0.3, 0.4) is 0 Å². The van der Waals surface area contributed by atoms with Crippen molar-refractivity contribution in [1.82, 2.24) is 5.32 Å². The minimum Gasteiger partial charge on any atom is -0.465 e. The molecule has 0 spiro atoms. The van der Waals surface area contributed by atoms with Gasteiger partial charge in [0.1, 0.15) is 11.5 Å². The maximum absolute atomic E-state index is 5.63. The van der Waals surface area contributed by atoms with E-state index in [0.717, 1.165) is 50.5 Å². The molecular formula is C12H19NO2. The quantitative estimate of drug-likeness (QED) is 0.824. The lowest BCUT2D eigenvalue weighted by Gasteiger charge is -2.22. The Morgan fingerprint density at radius 3 is 2.67 bits per heavy atom. The first-order valence-electron chi connectivity index (χ1n) is 5.77. The zero-order chi connectivity index (χ0) is 10.5. The summed E-state index contributed by atoms with van der Waals surface area (Å²) < 4.78 is 10.9. The van der Waals surface area contributed by atoms with Crippen LogP contribution in [-0.4, -0.2) is 19.3 Å². The fourth-order valence-electron chi connectivity index (χ4n) is 1.85. The number of ether oxygens (including phenoxy) is 1.